The van der Waals surface area contributed by atoms with Crippen molar-refractivity contribution in [2.24, 2.45) is 0 Å². The van der Waals surface area contributed by atoms with Crippen molar-refractivity contribution >= 4 is 5.82 Å². The van der Waals surface area contributed by atoms with Crippen molar-refractivity contribution < 1.29 is 9.47 Å². The van der Waals surface area contributed by atoms with Gasteiger partial charge in [-0.05, 0) is 18.7 Å². The van der Waals surface area contributed by atoms with Gasteiger partial charge in [0.1, 0.15) is 24.0 Å². The first kappa shape index (κ1) is 10.8. The first-order valence-electron chi connectivity index (χ1n) is 5.13. The van der Waals surface area contributed by atoms with Crippen LogP contribution in [0.25, 0.3) is 0 Å². The van der Waals surface area contributed by atoms with Crippen LogP contribution in [0.5, 0.6) is 0 Å². The maximum atomic E-state index is 5.30. The lowest BCUT2D eigenvalue weighted by atomic mass is 10.2. The molecule has 0 spiro atoms. The average Bonchev–Trinajstić information content (AvgIpc) is 2.83. The zero-order valence-corrected chi connectivity index (χ0v) is 9.36. The highest BCUT2D eigenvalue weighted by molar-refractivity contribution is 5.38. The molecule has 0 aromatic carbocycles. The molecule has 0 atom stereocenters. The first-order valence-corrected chi connectivity index (χ1v) is 5.13. The number of pyridine rings is 1. The number of hydrogen-bond donors (Lipinski definition) is 2. The van der Waals surface area contributed by atoms with E-state index in [1.165, 1.54) is 12.5 Å². The van der Waals surface area contributed by atoms with Gasteiger partial charge in [0.15, 0.2) is 0 Å². The normalized spacial score (nSPS) is 14.6. The molecule has 2 rings (SSSR count). The molecule has 0 unspecified atom stereocenters. The third-order valence-electron chi connectivity index (χ3n) is 2.32. The van der Waals surface area contributed by atoms with E-state index in [1.807, 2.05) is 26.2 Å². The molecule has 0 bridgehead atoms. The van der Waals surface area contributed by atoms with Crippen LogP contribution in [0.3, 0.4) is 0 Å². The summed E-state index contributed by atoms with van der Waals surface area (Å²) in [5.74, 6) is 0.800. The minimum atomic E-state index is -0.434. The Bertz CT molecular complexity index is 385. The second kappa shape index (κ2) is 4.85. The predicted octanol–water partition coefficient (Wildman–Crippen LogP) is 1.36. The van der Waals surface area contributed by atoms with Crippen molar-refractivity contribution in [2.75, 3.05) is 19.4 Å². The van der Waals surface area contributed by atoms with Gasteiger partial charge in [-0.25, -0.2) is 4.98 Å². The highest BCUT2D eigenvalue weighted by Crippen LogP contribution is 2.26. The molecule has 0 saturated carbocycles. The largest absolute Gasteiger partial charge is 0.454 e. The molecule has 16 heavy (non-hydrogen) atoms. The summed E-state index contributed by atoms with van der Waals surface area (Å²) in [4.78, 5) is 4.45. The van der Waals surface area contributed by atoms with Gasteiger partial charge in [0.2, 0.25) is 0 Å². The van der Waals surface area contributed by atoms with Crippen LogP contribution < -0.4 is 10.6 Å². The molecular weight excluding hydrogens is 206 g/mol. The first-order chi connectivity index (χ1) is 7.85. The average molecular weight is 221 g/mol. The van der Waals surface area contributed by atoms with E-state index < -0.39 is 6.29 Å². The van der Waals surface area contributed by atoms with Crippen LogP contribution in [0.4, 0.5) is 5.82 Å². The number of ether oxygens (including phenoxy) is 2. The Morgan fingerprint density at radius 2 is 2.00 bits per heavy atom. The summed E-state index contributed by atoms with van der Waals surface area (Å²) in [7, 11) is 3.73. The van der Waals surface area contributed by atoms with Gasteiger partial charge in [-0.2, -0.15) is 0 Å². The lowest BCUT2D eigenvalue weighted by Crippen LogP contribution is -2.13. The summed E-state index contributed by atoms with van der Waals surface area (Å²) in [5, 5.41) is 6.09. The van der Waals surface area contributed by atoms with E-state index in [1.54, 1.807) is 0 Å². The van der Waals surface area contributed by atoms with E-state index in [0.717, 1.165) is 23.6 Å². The van der Waals surface area contributed by atoms with Crippen molar-refractivity contribution in [3.05, 3.63) is 35.9 Å². The van der Waals surface area contributed by atoms with Gasteiger partial charge in [0, 0.05) is 13.6 Å². The fraction of sp³-hybridized carbons (Fsp3) is 0.364. The Morgan fingerprint density at radius 1 is 1.25 bits per heavy atom. The predicted molar refractivity (Wildman–Crippen MR) is 60.6 cm³/mol. The molecule has 0 saturated heterocycles. The van der Waals surface area contributed by atoms with E-state index in [2.05, 4.69) is 15.6 Å². The minimum absolute atomic E-state index is 0.434. The lowest BCUT2D eigenvalue weighted by molar-refractivity contribution is -0.0285. The van der Waals surface area contributed by atoms with Crippen molar-refractivity contribution in [1.29, 1.82) is 0 Å². The fourth-order valence-electron chi connectivity index (χ4n) is 1.55. The summed E-state index contributed by atoms with van der Waals surface area (Å²) in [5.41, 5.74) is 1.86. The Kier molecular flexibility index (Phi) is 3.26. The molecule has 0 amide bonds. The van der Waals surface area contributed by atoms with Crippen molar-refractivity contribution in [3.63, 3.8) is 0 Å². The summed E-state index contributed by atoms with van der Waals surface area (Å²) in [6.45, 7) is 0.732. The van der Waals surface area contributed by atoms with Gasteiger partial charge >= 0.3 is 0 Å². The smallest absolute Gasteiger partial charge is 0.283 e. The van der Waals surface area contributed by atoms with Crippen molar-refractivity contribution in [1.82, 2.24) is 10.3 Å². The number of aromatic nitrogens is 1. The van der Waals surface area contributed by atoms with E-state index in [4.69, 9.17) is 9.47 Å². The molecular formula is C11H15N3O2. The Hall–Kier alpha value is -1.75. The summed E-state index contributed by atoms with van der Waals surface area (Å²) < 4.78 is 10.6. The number of rotatable bonds is 4. The standard InChI is InChI=1S/C11H15N3O2/c1-12-7-8-3-4-9(13-2)14-10(8)11-15-5-6-16-11/h3-6,11-12H,7H2,1-2H3,(H,13,14). The third kappa shape index (κ3) is 2.09. The van der Waals surface area contributed by atoms with Crippen molar-refractivity contribution in [2.45, 2.75) is 12.8 Å². The number of nitrogens with one attached hydrogen (secondary N) is 2. The second-order valence-corrected chi connectivity index (χ2v) is 3.40. The SMILES string of the molecule is CNCc1ccc(NC)nc1C1OC=CO1. The van der Waals surface area contributed by atoms with Crippen LogP contribution in [-0.2, 0) is 16.0 Å². The molecule has 0 fully saturated rings. The molecule has 2 heterocycles. The number of anilines is 1. The number of hydrogen-bond acceptors (Lipinski definition) is 5. The molecule has 5 heteroatoms. The van der Waals surface area contributed by atoms with Gasteiger partial charge in [-0.15, -0.1) is 0 Å². The molecule has 0 aliphatic carbocycles. The van der Waals surface area contributed by atoms with E-state index >= 15 is 0 Å². The minimum Gasteiger partial charge on any atom is -0.454 e. The molecule has 2 N–H and O–H groups in total. The van der Waals surface area contributed by atoms with Gasteiger partial charge in [-0.3, -0.25) is 0 Å². The Labute approximate surface area is 94.5 Å². The van der Waals surface area contributed by atoms with Gasteiger partial charge in [-0.1, -0.05) is 6.07 Å². The Morgan fingerprint density at radius 3 is 2.62 bits per heavy atom. The highest BCUT2D eigenvalue weighted by atomic mass is 16.7. The Balaban J connectivity index is 2.29. The summed E-state index contributed by atoms with van der Waals surface area (Å²) >= 11 is 0. The van der Waals surface area contributed by atoms with E-state index in [0.29, 0.717) is 0 Å². The molecule has 1 aliphatic heterocycles. The number of nitrogens with zero attached hydrogens (tertiary/aromatic N) is 1. The van der Waals surface area contributed by atoms with Gasteiger partial charge in [0.25, 0.3) is 6.29 Å². The molecule has 5 nitrogen and oxygen atoms in total. The van der Waals surface area contributed by atoms with Crippen molar-refractivity contribution in [3.8, 4) is 0 Å². The van der Waals surface area contributed by atoms with Crippen LogP contribution in [0.15, 0.2) is 24.7 Å². The van der Waals surface area contributed by atoms with Crippen LogP contribution in [0.1, 0.15) is 17.5 Å². The lowest BCUT2D eigenvalue weighted by Gasteiger charge is -2.15. The van der Waals surface area contributed by atoms with E-state index in [-0.39, 0.29) is 0 Å². The van der Waals surface area contributed by atoms with Gasteiger partial charge < -0.3 is 20.1 Å². The summed E-state index contributed by atoms with van der Waals surface area (Å²) in [6, 6.07) is 3.94. The molecule has 1 aromatic heterocycles. The molecule has 86 valence electrons. The second-order valence-electron chi connectivity index (χ2n) is 3.40. The molecule has 1 aromatic rings. The third-order valence-corrected chi connectivity index (χ3v) is 2.32. The zero-order chi connectivity index (χ0) is 11.4. The summed E-state index contributed by atoms with van der Waals surface area (Å²) in [6.07, 6.45) is 2.62. The quantitative estimate of drug-likeness (QED) is 0.804. The van der Waals surface area contributed by atoms with Crippen LogP contribution >= 0.6 is 0 Å². The maximum absolute atomic E-state index is 5.30. The maximum Gasteiger partial charge on any atom is 0.283 e. The van der Waals surface area contributed by atoms with Gasteiger partial charge in [0.05, 0.1) is 0 Å². The van der Waals surface area contributed by atoms with E-state index in [9.17, 15) is 0 Å². The molecule has 0 radical (unpaired) electrons. The topological polar surface area (TPSA) is 55.4 Å². The fourth-order valence-corrected chi connectivity index (χ4v) is 1.55. The van der Waals surface area contributed by atoms with Crippen LogP contribution in [0.2, 0.25) is 0 Å². The molecule has 1 aliphatic rings. The van der Waals surface area contributed by atoms with Crippen LogP contribution in [0, 0.1) is 0 Å². The zero-order valence-electron chi connectivity index (χ0n) is 9.36. The monoisotopic (exact) mass is 221 g/mol. The highest BCUT2D eigenvalue weighted by Gasteiger charge is 2.21. The van der Waals surface area contributed by atoms with Crippen LogP contribution in [-0.4, -0.2) is 19.1 Å².